The molecular weight excluding hydrogens is 342 g/mol. The first-order valence-corrected chi connectivity index (χ1v) is 7.42. The molecule has 1 amide bonds. The molecule has 0 bridgehead atoms. The Morgan fingerprint density at radius 3 is 2.65 bits per heavy atom. The molecule has 0 saturated carbocycles. The zero-order valence-electron chi connectivity index (χ0n) is 12.1. The first-order valence-electron chi connectivity index (χ1n) is 6.67. The minimum absolute atomic E-state index is 0.352. The Morgan fingerprint density at radius 1 is 1.26 bits per heavy atom. The van der Waals surface area contributed by atoms with Crippen molar-refractivity contribution in [3.05, 3.63) is 63.9 Å². The highest BCUT2D eigenvalue weighted by molar-refractivity contribution is 6.43. The SMILES string of the molecule is C[C@H](O/N=C\c1cccc(Cl)c1Cl)C(=O)Nc1ccc(F)cc1. The largest absolute Gasteiger partial charge is 0.383 e. The molecule has 0 heterocycles. The monoisotopic (exact) mass is 354 g/mol. The van der Waals surface area contributed by atoms with Crippen molar-refractivity contribution in [2.75, 3.05) is 5.32 Å². The van der Waals surface area contributed by atoms with Crippen LogP contribution in [-0.4, -0.2) is 18.2 Å². The smallest absolute Gasteiger partial charge is 0.267 e. The second-order valence-electron chi connectivity index (χ2n) is 4.62. The summed E-state index contributed by atoms with van der Waals surface area (Å²) in [4.78, 5) is 17.0. The van der Waals surface area contributed by atoms with E-state index < -0.39 is 12.0 Å². The maximum Gasteiger partial charge on any atom is 0.267 e. The van der Waals surface area contributed by atoms with Gasteiger partial charge in [0.25, 0.3) is 5.91 Å². The number of hydrogen-bond donors (Lipinski definition) is 1. The standard InChI is InChI=1S/C16H13Cl2FN2O2/c1-10(16(22)21-13-7-5-12(19)6-8-13)23-20-9-11-3-2-4-14(17)15(11)18/h2-10H,1H3,(H,21,22)/b20-9-/t10-/m0/s1. The topological polar surface area (TPSA) is 50.7 Å². The van der Waals surface area contributed by atoms with E-state index in [-0.39, 0.29) is 5.82 Å². The first-order chi connectivity index (χ1) is 11.0. The number of carbonyl (C=O) groups is 1. The lowest BCUT2D eigenvalue weighted by atomic mass is 10.2. The number of hydrogen-bond acceptors (Lipinski definition) is 3. The van der Waals surface area contributed by atoms with E-state index in [9.17, 15) is 9.18 Å². The van der Waals surface area contributed by atoms with Gasteiger partial charge in [-0.25, -0.2) is 4.39 Å². The Labute approximate surface area is 142 Å². The van der Waals surface area contributed by atoms with Gasteiger partial charge in [-0.1, -0.05) is 40.5 Å². The Bertz CT molecular complexity index is 721. The zero-order valence-corrected chi connectivity index (χ0v) is 13.6. The molecule has 0 saturated heterocycles. The molecule has 0 radical (unpaired) electrons. The molecule has 2 aromatic carbocycles. The summed E-state index contributed by atoms with van der Waals surface area (Å²) in [6, 6.07) is 10.5. The molecule has 7 heteroatoms. The van der Waals surface area contributed by atoms with Crippen LogP contribution in [0.2, 0.25) is 10.0 Å². The summed E-state index contributed by atoms with van der Waals surface area (Å²) < 4.78 is 12.8. The van der Waals surface area contributed by atoms with Crippen molar-refractivity contribution in [2.24, 2.45) is 5.16 Å². The zero-order chi connectivity index (χ0) is 16.8. The van der Waals surface area contributed by atoms with Gasteiger partial charge in [-0.2, -0.15) is 0 Å². The predicted molar refractivity (Wildman–Crippen MR) is 89.6 cm³/mol. The fourth-order valence-electron chi connectivity index (χ4n) is 1.62. The molecule has 0 spiro atoms. The van der Waals surface area contributed by atoms with Gasteiger partial charge in [0.2, 0.25) is 6.10 Å². The van der Waals surface area contributed by atoms with Crippen LogP contribution in [0.25, 0.3) is 0 Å². The summed E-state index contributed by atoms with van der Waals surface area (Å²) >= 11 is 11.9. The van der Waals surface area contributed by atoms with Crippen LogP contribution in [0.15, 0.2) is 47.6 Å². The number of nitrogens with one attached hydrogen (secondary N) is 1. The molecule has 120 valence electrons. The van der Waals surface area contributed by atoms with E-state index in [1.165, 1.54) is 37.4 Å². The molecule has 2 rings (SSSR count). The second kappa shape index (κ2) is 7.94. The van der Waals surface area contributed by atoms with E-state index in [0.29, 0.717) is 21.3 Å². The van der Waals surface area contributed by atoms with E-state index in [1.54, 1.807) is 18.2 Å². The first kappa shape index (κ1) is 17.2. The molecule has 1 N–H and O–H groups in total. The molecular formula is C16H13Cl2FN2O2. The van der Waals surface area contributed by atoms with E-state index >= 15 is 0 Å². The van der Waals surface area contributed by atoms with E-state index in [1.807, 2.05) is 0 Å². The lowest BCUT2D eigenvalue weighted by Gasteiger charge is -2.10. The fraction of sp³-hybridized carbons (Fsp3) is 0.125. The molecule has 0 aliphatic carbocycles. The average Bonchev–Trinajstić information content (AvgIpc) is 2.53. The molecule has 0 unspecified atom stereocenters. The Kier molecular flexibility index (Phi) is 5.96. The summed E-state index contributed by atoms with van der Waals surface area (Å²) in [6.45, 7) is 1.54. The quantitative estimate of drug-likeness (QED) is 0.634. The van der Waals surface area contributed by atoms with Crippen molar-refractivity contribution in [1.29, 1.82) is 0 Å². The van der Waals surface area contributed by atoms with Crippen molar-refractivity contribution < 1.29 is 14.0 Å². The van der Waals surface area contributed by atoms with Gasteiger partial charge in [0, 0.05) is 11.3 Å². The minimum Gasteiger partial charge on any atom is -0.383 e. The highest BCUT2D eigenvalue weighted by Crippen LogP contribution is 2.24. The molecule has 0 fully saturated rings. The number of amides is 1. The number of rotatable bonds is 5. The van der Waals surface area contributed by atoms with Crippen LogP contribution in [0.1, 0.15) is 12.5 Å². The summed E-state index contributed by atoms with van der Waals surface area (Å²) in [5.74, 6) is -0.791. The van der Waals surface area contributed by atoms with Crippen LogP contribution < -0.4 is 5.32 Å². The van der Waals surface area contributed by atoms with Crippen molar-refractivity contribution in [1.82, 2.24) is 0 Å². The van der Waals surface area contributed by atoms with Crippen molar-refractivity contribution in [3.8, 4) is 0 Å². The lowest BCUT2D eigenvalue weighted by molar-refractivity contribution is -0.126. The van der Waals surface area contributed by atoms with Gasteiger partial charge in [-0.15, -0.1) is 0 Å². The fourth-order valence-corrected chi connectivity index (χ4v) is 1.98. The summed E-state index contributed by atoms with van der Waals surface area (Å²) in [5, 5.41) is 7.07. The second-order valence-corrected chi connectivity index (χ2v) is 5.41. The van der Waals surface area contributed by atoms with Crippen LogP contribution >= 0.6 is 23.2 Å². The van der Waals surface area contributed by atoms with E-state index in [2.05, 4.69) is 10.5 Å². The summed E-state index contributed by atoms with van der Waals surface area (Å²) in [7, 11) is 0. The summed E-state index contributed by atoms with van der Waals surface area (Å²) in [6.07, 6.45) is 0.532. The van der Waals surface area contributed by atoms with Gasteiger partial charge in [0.15, 0.2) is 0 Å². The van der Waals surface area contributed by atoms with Crippen LogP contribution in [0, 0.1) is 5.82 Å². The predicted octanol–water partition coefficient (Wildman–Crippen LogP) is 4.51. The Balaban J connectivity index is 1.92. The minimum atomic E-state index is -0.839. The van der Waals surface area contributed by atoms with E-state index in [4.69, 9.17) is 28.0 Å². The van der Waals surface area contributed by atoms with Crippen molar-refractivity contribution >= 4 is 41.0 Å². The van der Waals surface area contributed by atoms with Crippen LogP contribution in [0.5, 0.6) is 0 Å². The Hall–Kier alpha value is -2.11. The van der Waals surface area contributed by atoms with Crippen LogP contribution in [-0.2, 0) is 9.63 Å². The number of benzene rings is 2. The number of nitrogens with zero attached hydrogens (tertiary/aromatic N) is 1. The van der Waals surface area contributed by atoms with Gasteiger partial charge in [-0.3, -0.25) is 4.79 Å². The number of halogens is 3. The van der Waals surface area contributed by atoms with Gasteiger partial charge < -0.3 is 10.2 Å². The number of anilines is 1. The van der Waals surface area contributed by atoms with Crippen molar-refractivity contribution in [2.45, 2.75) is 13.0 Å². The van der Waals surface area contributed by atoms with Gasteiger partial charge >= 0.3 is 0 Å². The van der Waals surface area contributed by atoms with Gasteiger partial charge in [0.05, 0.1) is 16.3 Å². The third-order valence-corrected chi connectivity index (χ3v) is 3.71. The average molecular weight is 355 g/mol. The number of oxime groups is 1. The normalized spacial score (nSPS) is 12.2. The molecule has 4 nitrogen and oxygen atoms in total. The maximum absolute atomic E-state index is 12.8. The van der Waals surface area contributed by atoms with Crippen LogP contribution in [0.4, 0.5) is 10.1 Å². The summed E-state index contributed by atoms with van der Waals surface area (Å²) in [5.41, 5.74) is 1.04. The molecule has 0 aliphatic heterocycles. The molecule has 23 heavy (non-hydrogen) atoms. The third-order valence-electron chi connectivity index (χ3n) is 2.87. The molecule has 1 atom stereocenters. The number of carbonyl (C=O) groups excluding carboxylic acids is 1. The Morgan fingerprint density at radius 2 is 1.96 bits per heavy atom. The molecule has 0 aliphatic rings. The van der Waals surface area contributed by atoms with E-state index in [0.717, 1.165) is 0 Å². The maximum atomic E-state index is 12.8. The van der Waals surface area contributed by atoms with Gasteiger partial charge in [0.1, 0.15) is 5.82 Å². The van der Waals surface area contributed by atoms with Gasteiger partial charge in [-0.05, 0) is 37.3 Å². The highest BCUT2D eigenvalue weighted by Gasteiger charge is 2.14. The lowest BCUT2D eigenvalue weighted by Crippen LogP contribution is -2.26. The van der Waals surface area contributed by atoms with Crippen LogP contribution in [0.3, 0.4) is 0 Å². The van der Waals surface area contributed by atoms with Crippen molar-refractivity contribution in [3.63, 3.8) is 0 Å². The molecule has 0 aromatic heterocycles. The third kappa shape index (κ3) is 4.94. The highest BCUT2D eigenvalue weighted by atomic mass is 35.5. The molecule has 2 aromatic rings.